The van der Waals surface area contributed by atoms with Crippen LogP contribution in [0.3, 0.4) is 0 Å². The van der Waals surface area contributed by atoms with Gasteiger partial charge in [-0.05, 0) is 44.3 Å². The molecule has 0 spiro atoms. The fraction of sp³-hybridized carbons (Fsp3) is 1.00. The second-order valence-corrected chi connectivity index (χ2v) is 8.23. The van der Waals surface area contributed by atoms with Crippen LogP contribution in [-0.2, 0) is 0 Å². The molecule has 0 aromatic carbocycles. The molecule has 3 N–H and O–H groups in total. The van der Waals surface area contributed by atoms with Crippen LogP contribution in [0.2, 0.25) is 0 Å². The zero-order chi connectivity index (χ0) is 14.1. The summed E-state index contributed by atoms with van der Waals surface area (Å²) in [5.74, 6) is 2.40. The quantitative estimate of drug-likeness (QED) is 0.836. The zero-order valence-corrected chi connectivity index (χ0v) is 13.9. The Labute approximate surface area is 123 Å². The minimum Gasteiger partial charge on any atom is -0.329 e. The predicted molar refractivity (Wildman–Crippen MR) is 85.3 cm³/mol. The van der Waals surface area contributed by atoms with Gasteiger partial charge in [0.25, 0.3) is 0 Å². The first kappa shape index (κ1) is 15.6. The van der Waals surface area contributed by atoms with E-state index in [1.54, 1.807) is 0 Å². The highest BCUT2D eigenvalue weighted by Gasteiger charge is 2.48. The minimum atomic E-state index is 0.0514. The molecule has 2 aliphatic heterocycles. The van der Waals surface area contributed by atoms with Crippen molar-refractivity contribution in [1.82, 2.24) is 10.4 Å². The molecule has 4 heteroatoms. The van der Waals surface area contributed by atoms with Crippen molar-refractivity contribution in [2.75, 3.05) is 18.1 Å². The fourth-order valence-corrected chi connectivity index (χ4v) is 5.18. The summed E-state index contributed by atoms with van der Waals surface area (Å²) < 4.78 is 0. The third-order valence-electron chi connectivity index (χ3n) is 5.40. The highest BCUT2D eigenvalue weighted by atomic mass is 32.2. The number of thioether (sulfide) groups is 1. The van der Waals surface area contributed by atoms with E-state index in [1.165, 1.54) is 31.4 Å². The molecule has 112 valence electrons. The summed E-state index contributed by atoms with van der Waals surface area (Å²) in [5.41, 5.74) is 10.4. The van der Waals surface area contributed by atoms with Gasteiger partial charge in [-0.25, -0.2) is 10.4 Å². The Hall–Kier alpha value is 0.230. The second kappa shape index (κ2) is 5.92. The molecule has 0 aromatic rings. The van der Waals surface area contributed by atoms with Crippen molar-refractivity contribution >= 4 is 11.8 Å². The van der Waals surface area contributed by atoms with Gasteiger partial charge in [0.1, 0.15) is 0 Å². The predicted octanol–water partition coefficient (Wildman–Crippen LogP) is 2.61. The maximum absolute atomic E-state index is 6.22. The summed E-state index contributed by atoms with van der Waals surface area (Å²) in [5, 5.41) is 2.50. The molecule has 0 aromatic heterocycles. The van der Waals surface area contributed by atoms with Gasteiger partial charge in [-0.1, -0.05) is 20.3 Å². The Bertz CT molecular complexity index is 298. The van der Waals surface area contributed by atoms with E-state index in [-0.39, 0.29) is 11.0 Å². The van der Waals surface area contributed by atoms with Crippen LogP contribution in [0.25, 0.3) is 0 Å². The summed E-state index contributed by atoms with van der Waals surface area (Å²) in [6.45, 7) is 10.2. The molecule has 0 amide bonds. The molecule has 2 aliphatic rings. The number of piperidine rings is 1. The molecule has 3 unspecified atom stereocenters. The molecule has 2 rings (SSSR count). The van der Waals surface area contributed by atoms with Gasteiger partial charge >= 0.3 is 0 Å². The van der Waals surface area contributed by atoms with Crippen molar-refractivity contribution in [1.29, 1.82) is 0 Å². The Morgan fingerprint density at radius 1 is 1.26 bits per heavy atom. The molecule has 3 atom stereocenters. The second-order valence-electron chi connectivity index (χ2n) is 7.12. The maximum Gasteiger partial charge on any atom is 0.0589 e. The number of nitrogens with one attached hydrogen (secondary N) is 1. The van der Waals surface area contributed by atoms with Crippen LogP contribution in [0.1, 0.15) is 53.4 Å². The molecule has 2 heterocycles. The van der Waals surface area contributed by atoms with Crippen LogP contribution in [0.4, 0.5) is 0 Å². The van der Waals surface area contributed by atoms with Crippen molar-refractivity contribution in [3.63, 3.8) is 0 Å². The van der Waals surface area contributed by atoms with Crippen LogP contribution < -0.4 is 11.2 Å². The molecule has 0 radical (unpaired) electrons. The monoisotopic (exact) mass is 285 g/mol. The zero-order valence-electron chi connectivity index (χ0n) is 13.0. The number of hydrogen-bond acceptors (Lipinski definition) is 4. The molecular weight excluding hydrogens is 254 g/mol. The first-order chi connectivity index (χ1) is 8.92. The average Bonchev–Trinajstić information content (AvgIpc) is 2.36. The smallest absolute Gasteiger partial charge is 0.0589 e. The standard InChI is InChI=1S/C15H31N3S/c1-12-6-5-7-13(2)18(12)17-15(10-16)11-19-9-8-14(15,3)4/h12-13,17H,5-11,16H2,1-4H3. The lowest BCUT2D eigenvalue weighted by Crippen LogP contribution is -2.71. The minimum absolute atomic E-state index is 0.0514. The highest BCUT2D eigenvalue weighted by Crippen LogP contribution is 2.42. The third-order valence-corrected chi connectivity index (χ3v) is 6.59. The first-order valence-electron chi connectivity index (χ1n) is 7.76. The topological polar surface area (TPSA) is 41.3 Å². The summed E-state index contributed by atoms with van der Waals surface area (Å²) in [4.78, 5) is 0. The fourth-order valence-electron chi connectivity index (χ4n) is 3.46. The van der Waals surface area contributed by atoms with Gasteiger partial charge in [0.15, 0.2) is 0 Å². The van der Waals surface area contributed by atoms with Gasteiger partial charge in [-0.2, -0.15) is 11.8 Å². The van der Waals surface area contributed by atoms with E-state index in [0.717, 1.165) is 12.3 Å². The van der Waals surface area contributed by atoms with Gasteiger partial charge in [-0.15, -0.1) is 0 Å². The van der Waals surface area contributed by atoms with Crippen LogP contribution in [0.15, 0.2) is 0 Å². The Morgan fingerprint density at radius 2 is 1.89 bits per heavy atom. The summed E-state index contributed by atoms with van der Waals surface area (Å²) in [7, 11) is 0. The van der Waals surface area contributed by atoms with Crippen molar-refractivity contribution in [3.05, 3.63) is 0 Å². The van der Waals surface area contributed by atoms with E-state index in [9.17, 15) is 0 Å². The lowest BCUT2D eigenvalue weighted by Gasteiger charge is -2.54. The van der Waals surface area contributed by atoms with Crippen molar-refractivity contribution in [3.8, 4) is 0 Å². The highest BCUT2D eigenvalue weighted by molar-refractivity contribution is 7.99. The molecule has 3 nitrogen and oxygen atoms in total. The normalized spacial score (nSPS) is 40.3. The van der Waals surface area contributed by atoms with E-state index in [1.807, 2.05) is 0 Å². The SMILES string of the molecule is CC1CCCC(C)N1NC1(CN)CSCCC1(C)C. The van der Waals surface area contributed by atoms with Gasteiger partial charge < -0.3 is 5.73 Å². The number of hydrogen-bond donors (Lipinski definition) is 2. The number of hydrazine groups is 1. The van der Waals surface area contributed by atoms with Crippen molar-refractivity contribution in [2.24, 2.45) is 11.1 Å². The van der Waals surface area contributed by atoms with E-state index in [0.29, 0.717) is 12.1 Å². The molecule has 2 saturated heterocycles. The molecule has 0 aliphatic carbocycles. The van der Waals surface area contributed by atoms with Gasteiger partial charge in [0.2, 0.25) is 0 Å². The average molecular weight is 286 g/mol. The number of nitrogens with zero attached hydrogens (tertiary/aromatic N) is 1. The van der Waals surface area contributed by atoms with Gasteiger partial charge in [0, 0.05) is 24.4 Å². The van der Waals surface area contributed by atoms with Crippen LogP contribution in [0, 0.1) is 5.41 Å². The summed E-state index contributed by atoms with van der Waals surface area (Å²) >= 11 is 2.05. The Morgan fingerprint density at radius 3 is 2.42 bits per heavy atom. The van der Waals surface area contributed by atoms with Crippen molar-refractivity contribution < 1.29 is 0 Å². The van der Waals surface area contributed by atoms with Gasteiger partial charge in [0.05, 0.1) is 5.54 Å². The van der Waals surface area contributed by atoms with E-state index in [4.69, 9.17) is 5.73 Å². The summed E-state index contributed by atoms with van der Waals surface area (Å²) in [6, 6.07) is 1.24. The lowest BCUT2D eigenvalue weighted by atomic mass is 9.71. The molecule has 0 saturated carbocycles. The van der Waals surface area contributed by atoms with E-state index < -0.39 is 0 Å². The largest absolute Gasteiger partial charge is 0.329 e. The summed E-state index contributed by atoms with van der Waals surface area (Å²) in [6.07, 6.45) is 5.20. The van der Waals surface area contributed by atoms with Crippen molar-refractivity contribution in [2.45, 2.75) is 71.0 Å². The molecule has 19 heavy (non-hydrogen) atoms. The number of nitrogens with two attached hydrogens (primary N) is 1. The van der Waals surface area contributed by atoms with Gasteiger partial charge in [-0.3, -0.25) is 0 Å². The molecule has 2 fully saturated rings. The Balaban J connectivity index is 2.17. The third kappa shape index (κ3) is 2.97. The first-order valence-corrected chi connectivity index (χ1v) is 8.91. The maximum atomic E-state index is 6.22. The molecule has 0 bridgehead atoms. The van der Waals surface area contributed by atoms with Crippen LogP contribution in [0.5, 0.6) is 0 Å². The lowest BCUT2D eigenvalue weighted by molar-refractivity contribution is -0.0319. The number of rotatable bonds is 3. The Kier molecular flexibility index (Phi) is 4.87. The molecular formula is C15H31N3S. The van der Waals surface area contributed by atoms with E-state index in [2.05, 4.69) is 49.9 Å². The van der Waals surface area contributed by atoms with E-state index >= 15 is 0 Å². The van der Waals surface area contributed by atoms with Crippen LogP contribution in [-0.4, -0.2) is 40.7 Å². The van der Waals surface area contributed by atoms with Crippen LogP contribution >= 0.6 is 11.8 Å².